The van der Waals surface area contributed by atoms with Crippen molar-refractivity contribution >= 4 is 5.91 Å². The number of likely N-dealkylation sites (tertiary alicyclic amines) is 1. The molecule has 20 heavy (non-hydrogen) atoms. The molecule has 1 aliphatic heterocycles. The Morgan fingerprint density at radius 2 is 2.25 bits per heavy atom. The van der Waals surface area contributed by atoms with E-state index in [1.54, 1.807) is 23.1 Å². The summed E-state index contributed by atoms with van der Waals surface area (Å²) in [5.41, 5.74) is 0.967. The van der Waals surface area contributed by atoms with Crippen LogP contribution in [-0.2, 0) is 7.05 Å². The molecule has 1 amide bonds. The maximum absolute atomic E-state index is 12.6. The van der Waals surface area contributed by atoms with Gasteiger partial charge in [-0.2, -0.15) is 5.10 Å². The number of amides is 1. The molecule has 1 fully saturated rings. The Morgan fingerprint density at radius 1 is 1.35 bits per heavy atom. The van der Waals surface area contributed by atoms with Crippen LogP contribution in [-0.4, -0.2) is 27.1 Å². The van der Waals surface area contributed by atoms with Gasteiger partial charge >= 0.3 is 0 Å². The van der Waals surface area contributed by atoms with Crippen LogP contribution in [0.2, 0.25) is 0 Å². The fourth-order valence-corrected chi connectivity index (χ4v) is 2.81. The van der Waals surface area contributed by atoms with Crippen molar-refractivity contribution in [2.24, 2.45) is 7.05 Å². The summed E-state index contributed by atoms with van der Waals surface area (Å²) < 4.78 is 7.05. The molecule has 5 nitrogen and oxygen atoms in total. The molecule has 0 aromatic carbocycles. The fraction of sp³-hybridized carbons (Fsp3) is 0.467. The Labute approximate surface area is 118 Å². The van der Waals surface area contributed by atoms with E-state index in [0.717, 1.165) is 37.9 Å². The second kappa shape index (κ2) is 5.53. The summed E-state index contributed by atoms with van der Waals surface area (Å²) in [6.45, 7) is 0.765. The molecule has 1 saturated heterocycles. The van der Waals surface area contributed by atoms with E-state index in [1.165, 1.54) is 0 Å². The summed E-state index contributed by atoms with van der Waals surface area (Å²) in [6.07, 6.45) is 7.75. The van der Waals surface area contributed by atoms with Gasteiger partial charge in [-0.15, -0.1) is 0 Å². The summed E-state index contributed by atoms with van der Waals surface area (Å²) in [5, 5.41) is 4.48. The van der Waals surface area contributed by atoms with Gasteiger partial charge in [-0.05, 0) is 31.0 Å². The zero-order valence-corrected chi connectivity index (χ0v) is 11.7. The molecule has 5 heteroatoms. The van der Waals surface area contributed by atoms with Crippen LogP contribution >= 0.6 is 0 Å². The van der Waals surface area contributed by atoms with Crippen molar-refractivity contribution in [3.63, 3.8) is 0 Å². The summed E-state index contributed by atoms with van der Waals surface area (Å²) in [5.74, 6) is 0.375. The summed E-state index contributed by atoms with van der Waals surface area (Å²) in [6, 6.07) is 5.53. The van der Waals surface area contributed by atoms with Crippen molar-refractivity contribution in [1.82, 2.24) is 14.7 Å². The first-order chi connectivity index (χ1) is 9.75. The average Bonchev–Trinajstić information content (AvgIpc) is 3.05. The van der Waals surface area contributed by atoms with Gasteiger partial charge in [0, 0.05) is 19.8 Å². The zero-order valence-electron chi connectivity index (χ0n) is 11.7. The molecule has 0 saturated carbocycles. The van der Waals surface area contributed by atoms with Gasteiger partial charge in [0.2, 0.25) is 0 Å². The molecule has 0 aliphatic carbocycles. The number of aryl methyl sites for hydroxylation is 1. The van der Waals surface area contributed by atoms with Crippen molar-refractivity contribution in [1.29, 1.82) is 0 Å². The first-order valence-corrected chi connectivity index (χ1v) is 7.10. The van der Waals surface area contributed by atoms with Gasteiger partial charge < -0.3 is 9.32 Å². The molecule has 0 unspecified atom stereocenters. The van der Waals surface area contributed by atoms with E-state index in [-0.39, 0.29) is 11.9 Å². The van der Waals surface area contributed by atoms with Crippen molar-refractivity contribution < 1.29 is 9.21 Å². The minimum absolute atomic E-state index is 0.0347. The lowest BCUT2D eigenvalue weighted by atomic mass is 10.1. The predicted molar refractivity (Wildman–Crippen MR) is 74.2 cm³/mol. The first-order valence-electron chi connectivity index (χ1n) is 7.10. The smallest absolute Gasteiger partial charge is 0.290 e. The third-order valence-corrected chi connectivity index (χ3v) is 3.82. The van der Waals surface area contributed by atoms with E-state index in [2.05, 4.69) is 5.10 Å². The Kier molecular flexibility index (Phi) is 3.58. The summed E-state index contributed by atoms with van der Waals surface area (Å²) in [4.78, 5) is 14.5. The van der Waals surface area contributed by atoms with E-state index >= 15 is 0 Å². The molecular weight excluding hydrogens is 254 g/mol. The van der Waals surface area contributed by atoms with Gasteiger partial charge in [0.25, 0.3) is 5.91 Å². The first kappa shape index (κ1) is 13.0. The average molecular weight is 273 g/mol. The van der Waals surface area contributed by atoms with Crippen LogP contribution in [0, 0.1) is 0 Å². The number of carbonyl (C=O) groups excluding carboxylic acids is 1. The lowest BCUT2D eigenvalue weighted by molar-refractivity contribution is 0.0643. The number of nitrogens with zero attached hydrogens (tertiary/aromatic N) is 3. The monoisotopic (exact) mass is 273 g/mol. The second-order valence-corrected chi connectivity index (χ2v) is 5.26. The Bertz CT molecular complexity index is 574. The standard InChI is InChI=1S/C15H19N3O2/c1-17-10-8-12(16-17)13-6-3-2-4-9-18(13)15(19)14-7-5-11-20-14/h5,7-8,10-11,13H,2-4,6,9H2,1H3/t13-/m1/s1. The molecule has 0 spiro atoms. The van der Waals surface area contributed by atoms with E-state index < -0.39 is 0 Å². The van der Waals surface area contributed by atoms with Gasteiger partial charge in [-0.3, -0.25) is 9.48 Å². The van der Waals surface area contributed by atoms with Crippen molar-refractivity contribution in [2.45, 2.75) is 31.7 Å². The van der Waals surface area contributed by atoms with E-state index in [4.69, 9.17) is 4.42 Å². The molecule has 3 heterocycles. The topological polar surface area (TPSA) is 51.3 Å². The van der Waals surface area contributed by atoms with Crippen molar-refractivity contribution in [3.05, 3.63) is 42.1 Å². The lowest BCUT2D eigenvalue weighted by Crippen LogP contribution is -2.34. The molecule has 106 valence electrons. The highest BCUT2D eigenvalue weighted by Gasteiger charge is 2.30. The minimum atomic E-state index is -0.0347. The number of hydrogen-bond acceptors (Lipinski definition) is 3. The SMILES string of the molecule is Cn1ccc([C@H]2CCCCCN2C(=O)c2ccco2)n1. The van der Waals surface area contributed by atoms with Crippen LogP contribution in [0.15, 0.2) is 35.1 Å². The molecule has 0 bridgehead atoms. The van der Waals surface area contributed by atoms with Crippen molar-refractivity contribution in [2.75, 3.05) is 6.54 Å². The largest absolute Gasteiger partial charge is 0.459 e. The molecule has 0 N–H and O–H groups in total. The van der Waals surface area contributed by atoms with Crippen LogP contribution in [0.4, 0.5) is 0 Å². The summed E-state index contributed by atoms with van der Waals surface area (Å²) in [7, 11) is 1.90. The van der Waals surface area contributed by atoms with E-state index in [9.17, 15) is 4.79 Å². The quantitative estimate of drug-likeness (QED) is 0.845. The highest BCUT2D eigenvalue weighted by molar-refractivity contribution is 5.91. The normalized spacial score (nSPS) is 19.9. The number of rotatable bonds is 2. The van der Waals surface area contributed by atoms with E-state index in [1.807, 2.05) is 24.2 Å². The van der Waals surface area contributed by atoms with Gasteiger partial charge in [0.15, 0.2) is 5.76 Å². The Morgan fingerprint density at radius 3 is 2.95 bits per heavy atom. The fourth-order valence-electron chi connectivity index (χ4n) is 2.81. The van der Waals surface area contributed by atoms with Gasteiger partial charge in [-0.1, -0.05) is 12.8 Å². The molecule has 0 radical (unpaired) electrons. The van der Waals surface area contributed by atoms with Gasteiger partial charge in [0.05, 0.1) is 18.0 Å². The van der Waals surface area contributed by atoms with E-state index in [0.29, 0.717) is 5.76 Å². The number of carbonyl (C=O) groups is 1. The molecule has 1 atom stereocenters. The number of furan rings is 1. The highest BCUT2D eigenvalue weighted by Crippen LogP contribution is 2.30. The van der Waals surface area contributed by atoms with Crippen LogP contribution in [0.5, 0.6) is 0 Å². The maximum atomic E-state index is 12.6. The molecule has 2 aromatic rings. The third kappa shape index (κ3) is 2.48. The Balaban J connectivity index is 1.89. The molecule has 2 aromatic heterocycles. The van der Waals surface area contributed by atoms with Gasteiger partial charge in [-0.25, -0.2) is 0 Å². The highest BCUT2D eigenvalue weighted by atomic mass is 16.3. The number of hydrogen-bond donors (Lipinski definition) is 0. The molecule has 1 aliphatic rings. The summed E-state index contributed by atoms with van der Waals surface area (Å²) >= 11 is 0. The van der Waals surface area contributed by atoms with Crippen molar-refractivity contribution in [3.8, 4) is 0 Å². The zero-order chi connectivity index (χ0) is 13.9. The molecular formula is C15H19N3O2. The van der Waals surface area contributed by atoms with Crippen LogP contribution < -0.4 is 0 Å². The predicted octanol–water partition coefficient (Wildman–Crippen LogP) is 2.77. The second-order valence-electron chi connectivity index (χ2n) is 5.26. The third-order valence-electron chi connectivity index (χ3n) is 3.82. The minimum Gasteiger partial charge on any atom is -0.459 e. The van der Waals surface area contributed by atoms with Crippen LogP contribution in [0.25, 0.3) is 0 Å². The molecule has 3 rings (SSSR count). The van der Waals surface area contributed by atoms with Crippen LogP contribution in [0.1, 0.15) is 48.0 Å². The van der Waals surface area contributed by atoms with Gasteiger partial charge in [0.1, 0.15) is 0 Å². The Hall–Kier alpha value is -2.04. The van der Waals surface area contributed by atoms with Crippen LogP contribution in [0.3, 0.4) is 0 Å². The number of aromatic nitrogens is 2. The lowest BCUT2D eigenvalue weighted by Gasteiger charge is -2.28. The maximum Gasteiger partial charge on any atom is 0.290 e.